The summed E-state index contributed by atoms with van der Waals surface area (Å²) in [7, 11) is 0. The maximum atomic E-state index is 11.9. The average Bonchev–Trinajstić information content (AvgIpc) is 2.85. The first-order valence-electron chi connectivity index (χ1n) is 6.31. The molecule has 1 aliphatic heterocycles. The number of nitrogens with zero attached hydrogens (tertiary/aromatic N) is 2. The Morgan fingerprint density at radius 3 is 3.06 bits per heavy atom. The van der Waals surface area contributed by atoms with Crippen molar-refractivity contribution in [1.29, 1.82) is 0 Å². The number of halogens is 1. The number of pyridine rings is 1. The molecule has 1 aliphatic rings. The van der Waals surface area contributed by atoms with E-state index in [-0.39, 0.29) is 5.91 Å². The second-order valence-corrected chi connectivity index (χ2v) is 5.54. The number of hydrogen-bond acceptors (Lipinski definition) is 3. The Hall–Kier alpha value is -0.940. The van der Waals surface area contributed by atoms with E-state index < -0.39 is 0 Å². The van der Waals surface area contributed by atoms with E-state index in [0.29, 0.717) is 11.6 Å². The first-order chi connectivity index (χ1) is 8.69. The standard InChI is InChI=1S/C13H18BrN3O/c1-2-17-6-5-10(9-17)7-16-13(18)12-4-3-11(14)8-15-12/h3-4,8,10H,2,5-7,9H2,1H3,(H,16,18). The summed E-state index contributed by atoms with van der Waals surface area (Å²) in [5.74, 6) is 0.488. The Kier molecular flexibility index (Phi) is 4.72. The Bertz CT molecular complexity index is 407. The quantitative estimate of drug-likeness (QED) is 0.924. The third kappa shape index (κ3) is 3.53. The fourth-order valence-electron chi connectivity index (χ4n) is 2.20. The zero-order valence-electron chi connectivity index (χ0n) is 10.5. The van der Waals surface area contributed by atoms with Crippen LogP contribution in [0.15, 0.2) is 22.8 Å². The summed E-state index contributed by atoms with van der Waals surface area (Å²) < 4.78 is 0.883. The van der Waals surface area contributed by atoms with Gasteiger partial charge in [0, 0.05) is 23.8 Å². The minimum Gasteiger partial charge on any atom is -0.350 e. The van der Waals surface area contributed by atoms with Crippen molar-refractivity contribution in [1.82, 2.24) is 15.2 Å². The van der Waals surface area contributed by atoms with Gasteiger partial charge in [0.25, 0.3) is 5.91 Å². The van der Waals surface area contributed by atoms with Gasteiger partial charge in [0.2, 0.25) is 0 Å². The van der Waals surface area contributed by atoms with Crippen molar-refractivity contribution in [2.24, 2.45) is 5.92 Å². The number of likely N-dealkylation sites (tertiary alicyclic amines) is 1. The van der Waals surface area contributed by atoms with Gasteiger partial charge in [-0.2, -0.15) is 0 Å². The van der Waals surface area contributed by atoms with Crippen LogP contribution in [0.2, 0.25) is 0 Å². The van der Waals surface area contributed by atoms with Gasteiger partial charge in [0.15, 0.2) is 0 Å². The molecule has 1 unspecified atom stereocenters. The highest BCUT2D eigenvalue weighted by Crippen LogP contribution is 2.14. The highest BCUT2D eigenvalue weighted by atomic mass is 79.9. The molecule has 4 nitrogen and oxygen atoms in total. The number of amides is 1. The first-order valence-corrected chi connectivity index (χ1v) is 7.10. The molecule has 1 saturated heterocycles. The minimum atomic E-state index is -0.0857. The monoisotopic (exact) mass is 311 g/mol. The molecule has 0 bridgehead atoms. The smallest absolute Gasteiger partial charge is 0.269 e. The van der Waals surface area contributed by atoms with Crippen molar-refractivity contribution in [3.63, 3.8) is 0 Å². The second kappa shape index (κ2) is 6.29. The van der Waals surface area contributed by atoms with Gasteiger partial charge < -0.3 is 10.2 Å². The van der Waals surface area contributed by atoms with Gasteiger partial charge in [0.05, 0.1) is 0 Å². The van der Waals surface area contributed by atoms with Gasteiger partial charge in [-0.15, -0.1) is 0 Å². The number of carbonyl (C=O) groups excluding carboxylic acids is 1. The molecule has 1 amide bonds. The normalized spacial score (nSPS) is 20.0. The molecule has 1 N–H and O–H groups in total. The zero-order chi connectivity index (χ0) is 13.0. The molecule has 18 heavy (non-hydrogen) atoms. The molecule has 1 aromatic heterocycles. The molecule has 0 aromatic carbocycles. The second-order valence-electron chi connectivity index (χ2n) is 4.62. The van der Waals surface area contributed by atoms with Crippen LogP contribution in [0.3, 0.4) is 0 Å². The number of rotatable bonds is 4. The van der Waals surface area contributed by atoms with E-state index in [2.05, 4.69) is 38.1 Å². The topological polar surface area (TPSA) is 45.2 Å². The third-order valence-corrected chi connectivity index (χ3v) is 3.80. The van der Waals surface area contributed by atoms with Crippen molar-refractivity contribution < 1.29 is 4.79 Å². The number of hydrogen-bond donors (Lipinski definition) is 1. The van der Waals surface area contributed by atoms with E-state index in [9.17, 15) is 4.79 Å². The lowest BCUT2D eigenvalue weighted by Gasteiger charge is -2.13. The fourth-order valence-corrected chi connectivity index (χ4v) is 2.44. The van der Waals surface area contributed by atoms with E-state index in [1.807, 2.05) is 6.07 Å². The lowest BCUT2D eigenvalue weighted by molar-refractivity contribution is 0.0942. The zero-order valence-corrected chi connectivity index (χ0v) is 12.1. The van der Waals surface area contributed by atoms with Crippen LogP contribution in [0, 0.1) is 5.92 Å². The van der Waals surface area contributed by atoms with Gasteiger partial charge >= 0.3 is 0 Å². The van der Waals surface area contributed by atoms with Crippen LogP contribution in [0.25, 0.3) is 0 Å². The summed E-state index contributed by atoms with van der Waals surface area (Å²) in [6, 6.07) is 3.56. The van der Waals surface area contributed by atoms with Crippen molar-refractivity contribution in [2.45, 2.75) is 13.3 Å². The summed E-state index contributed by atoms with van der Waals surface area (Å²) in [6.45, 7) is 6.25. The Labute approximate surface area is 116 Å². The lowest BCUT2D eigenvalue weighted by atomic mass is 10.1. The molecule has 1 aromatic rings. The SMILES string of the molecule is CCN1CCC(CNC(=O)c2ccc(Br)cn2)C1. The molecule has 98 valence electrons. The van der Waals surface area contributed by atoms with Gasteiger partial charge in [-0.3, -0.25) is 4.79 Å². The fraction of sp³-hybridized carbons (Fsp3) is 0.538. The van der Waals surface area contributed by atoms with Gasteiger partial charge in [-0.1, -0.05) is 6.92 Å². The largest absolute Gasteiger partial charge is 0.350 e. The molecule has 0 radical (unpaired) electrons. The van der Waals surface area contributed by atoms with Crippen LogP contribution >= 0.6 is 15.9 Å². The molecule has 1 fully saturated rings. The van der Waals surface area contributed by atoms with Crippen LogP contribution in [0.4, 0.5) is 0 Å². The lowest BCUT2D eigenvalue weighted by Crippen LogP contribution is -2.31. The number of carbonyl (C=O) groups is 1. The van der Waals surface area contributed by atoms with Crippen LogP contribution < -0.4 is 5.32 Å². The molecule has 0 spiro atoms. The molecule has 2 heterocycles. The third-order valence-electron chi connectivity index (χ3n) is 3.33. The van der Waals surface area contributed by atoms with Crippen LogP contribution in [0.1, 0.15) is 23.8 Å². The highest BCUT2D eigenvalue weighted by molar-refractivity contribution is 9.10. The van der Waals surface area contributed by atoms with Crippen molar-refractivity contribution >= 4 is 21.8 Å². The van der Waals surface area contributed by atoms with E-state index in [0.717, 1.165) is 30.7 Å². The summed E-state index contributed by atoms with van der Waals surface area (Å²) in [6.07, 6.45) is 2.81. The van der Waals surface area contributed by atoms with Crippen molar-refractivity contribution in [3.8, 4) is 0 Å². The van der Waals surface area contributed by atoms with Gasteiger partial charge in [-0.25, -0.2) is 4.98 Å². The maximum Gasteiger partial charge on any atom is 0.269 e. The predicted octanol–water partition coefficient (Wildman–Crippen LogP) is 1.92. The summed E-state index contributed by atoms with van der Waals surface area (Å²) in [5.41, 5.74) is 0.476. The van der Waals surface area contributed by atoms with Gasteiger partial charge in [-0.05, 0) is 53.5 Å². The van der Waals surface area contributed by atoms with Crippen molar-refractivity contribution in [3.05, 3.63) is 28.5 Å². The van der Waals surface area contributed by atoms with Crippen LogP contribution in [0.5, 0.6) is 0 Å². The summed E-state index contributed by atoms with van der Waals surface area (Å²) in [4.78, 5) is 18.4. The average molecular weight is 312 g/mol. The van der Waals surface area contributed by atoms with Crippen LogP contribution in [-0.2, 0) is 0 Å². The van der Waals surface area contributed by atoms with Crippen molar-refractivity contribution in [2.75, 3.05) is 26.2 Å². The summed E-state index contributed by atoms with van der Waals surface area (Å²) >= 11 is 3.30. The first kappa shape index (κ1) is 13.5. The van der Waals surface area contributed by atoms with E-state index in [1.54, 1.807) is 12.3 Å². The number of nitrogens with one attached hydrogen (secondary N) is 1. The number of aromatic nitrogens is 1. The maximum absolute atomic E-state index is 11.9. The summed E-state index contributed by atoms with van der Waals surface area (Å²) in [5, 5.41) is 2.96. The minimum absolute atomic E-state index is 0.0857. The van der Waals surface area contributed by atoms with E-state index in [4.69, 9.17) is 0 Å². The molecule has 2 rings (SSSR count). The Balaban J connectivity index is 1.80. The Morgan fingerprint density at radius 2 is 2.44 bits per heavy atom. The Morgan fingerprint density at radius 1 is 1.61 bits per heavy atom. The predicted molar refractivity (Wildman–Crippen MR) is 74.5 cm³/mol. The van der Waals surface area contributed by atoms with E-state index >= 15 is 0 Å². The molecular weight excluding hydrogens is 294 g/mol. The molecule has 1 atom stereocenters. The van der Waals surface area contributed by atoms with Gasteiger partial charge in [0.1, 0.15) is 5.69 Å². The van der Waals surface area contributed by atoms with E-state index in [1.165, 1.54) is 6.42 Å². The molecule has 5 heteroatoms. The molecule has 0 aliphatic carbocycles. The molecular formula is C13H18BrN3O. The van der Waals surface area contributed by atoms with Crippen LogP contribution in [-0.4, -0.2) is 42.0 Å². The highest BCUT2D eigenvalue weighted by Gasteiger charge is 2.21. The molecule has 0 saturated carbocycles.